The number of esters is 2. The SMILES string of the molecule is CCCCc1ccc(N=Nc2ccc(OCCCCOc3cc(C(=O)Oc4ccc(OCC)cc4)ccc3C(=O)Oc3ccc(OCC)cc3)cc2)cc1. The normalized spacial score (nSPS) is 10.9. The van der Waals surface area contributed by atoms with Crippen LogP contribution in [0.4, 0.5) is 11.4 Å². The molecular formula is C44H46N2O8. The topological polar surface area (TPSA) is 114 Å². The Labute approximate surface area is 316 Å². The predicted molar refractivity (Wildman–Crippen MR) is 207 cm³/mol. The molecule has 5 rings (SSSR count). The molecule has 54 heavy (non-hydrogen) atoms. The van der Waals surface area contributed by atoms with Crippen molar-refractivity contribution in [2.24, 2.45) is 10.2 Å². The summed E-state index contributed by atoms with van der Waals surface area (Å²) in [6.45, 7) is 7.75. The van der Waals surface area contributed by atoms with Crippen molar-refractivity contribution in [1.82, 2.24) is 0 Å². The van der Waals surface area contributed by atoms with Crippen molar-refractivity contribution in [3.8, 4) is 34.5 Å². The van der Waals surface area contributed by atoms with Gasteiger partial charge in [-0.2, -0.15) is 10.2 Å². The smallest absolute Gasteiger partial charge is 0.347 e. The van der Waals surface area contributed by atoms with Gasteiger partial charge in [0.15, 0.2) is 0 Å². The molecular weight excluding hydrogens is 684 g/mol. The molecule has 0 aliphatic carbocycles. The molecule has 10 nitrogen and oxygen atoms in total. The van der Waals surface area contributed by atoms with E-state index in [1.165, 1.54) is 36.6 Å². The monoisotopic (exact) mass is 730 g/mol. The van der Waals surface area contributed by atoms with Crippen LogP contribution < -0.4 is 28.4 Å². The Bertz CT molecular complexity index is 1940. The molecule has 0 saturated carbocycles. The third-order valence-corrected chi connectivity index (χ3v) is 8.07. The van der Waals surface area contributed by atoms with Gasteiger partial charge in [0, 0.05) is 0 Å². The van der Waals surface area contributed by atoms with E-state index >= 15 is 0 Å². The molecule has 10 heteroatoms. The number of aryl methyl sites for hydroxylation is 1. The molecule has 0 atom stereocenters. The number of unbranched alkanes of at least 4 members (excludes halogenated alkanes) is 2. The minimum Gasteiger partial charge on any atom is -0.494 e. The largest absolute Gasteiger partial charge is 0.494 e. The molecule has 0 amide bonds. The summed E-state index contributed by atoms with van der Waals surface area (Å²) >= 11 is 0. The lowest BCUT2D eigenvalue weighted by Crippen LogP contribution is -2.14. The molecule has 0 saturated heterocycles. The third kappa shape index (κ3) is 12.2. The number of carbonyl (C=O) groups is 2. The first-order valence-corrected chi connectivity index (χ1v) is 18.3. The summed E-state index contributed by atoms with van der Waals surface area (Å²) in [5.74, 6) is 1.71. The molecule has 0 aliphatic rings. The second-order valence-electron chi connectivity index (χ2n) is 12.2. The van der Waals surface area contributed by atoms with Gasteiger partial charge in [-0.05, 0) is 148 Å². The zero-order valence-corrected chi connectivity index (χ0v) is 31.0. The molecule has 0 spiro atoms. The fourth-order valence-corrected chi connectivity index (χ4v) is 5.22. The first kappa shape index (κ1) is 39.1. The Morgan fingerprint density at radius 1 is 0.500 bits per heavy atom. The number of hydrogen-bond donors (Lipinski definition) is 0. The van der Waals surface area contributed by atoms with Gasteiger partial charge in [-0.15, -0.1) is 0 Å². The fraction of sp³-hybridized carbons (Fsp3) is 0.273. The highest BCUT2D eigenvalue weighted by Crippen LogP contribution is 2.27. The Morgan fingerprint density at radius 3 is 1.54 bits per heavy atom. The van der Waals surface area contributed by atoms with Gasteiger partial charge in [0.1, 0.15) is 40.1 Å². The minimum atomic E-state index is -0.632. The van der Waals surface area contributed by atoms with Gasteiger partial charge < -0.3 is 28.4 Å². The first-order chi connectivity index (χ1) is 26.4. The van der Waals surface area contributed by atoms with Gasteiger partial charge in [-0.3, -0.25) is 0 Å². The molecule has 0 heterocycles. The van der Waals surface area contributed by atoms with Crippen LogP contribution in [0.15, 0.2) is 125 Å². The summed E-state index contributed by atoms with van der Waals surface area (Å²) in [4.78, 5) is 26.4. The van der Waals surface area contributed by atoms with Gasteiger partial charge in [-0.1, -0.05) is 25.5 Å². The van der Waals surface area contributed by atoms with E-state index in [2.05, 4.69) is 29.3 Å². The Kier molecular flexibility index (Phi) is 15.0. The molecule has 0 fully saturated rings. The van der Waals surface area contributed by atoms with Crippen LogP contribution in [-0.4, -0.2) is 38.4 Å². The van der Waals surface area contributed by atoms with Crippen LogP contribution in [-0.2, 0) is 6.42 Å². The number of carbonyl (C=O) groups excluding carboxylic acids is 2. The number of azo groups is 1. The Morgan fingerprint density at radius 2 is 0.981 bits per heavy atom. The molecule has 0 radical (unpaired) electrons. The van der Waals surface area contributed by atoms with E-state index in [0.717, 1.165) is 17.8 Å². The number of hydrogen-bond acceptors (Lipinski definition) is 10. The van der Waals surface area contributed by atoms with E-state index in [4.69, 9.17) is 28.4 Å². The molecule has 280 valence electrons. The Balaban J connectivity index is 1.15. The van der Waals surface area contributed by atoms with E-state index in [1.807, 2.05) is 50.2 Å². The average Bonchev–Trinajstić information content (AvgIpc) is 3.20. The number of nitrogens with zero attached hydrogens (tertiary/aromatic N) is 2. The van der Waals surface area contributed by atoms with E-state index in [1.54, 1.807) is 48.5 Å². The van der Waals surface area contributed by atoms with Crippen LogP contribution in [0.1, 0.15) is 72.7 Å². The maximum absolute atomic E-state index is 13.3. The molecule has 5 aromatic carbocycles. The van der Waals surface area contributed by atoms with Crippen molar-refractivity contribution in [2.45, 2.75) is 52.9 Å². The van der Waals surface area contributed by atoms with Crippen LogP contribution >= 0.6 is 0 Å². The van der Waals surface area contributed by atoms with Gasteiger partial charge in [0.25, 0.3) is 0 Å². The van der Waals surface area contributed by atoms with Crippen molar-refractivity contribution in [3.63, 3.8) is 0 Å². The van der Waals surface area contributed by atoms with Crippen LogP contribution in [0.3, 0.4) is 0 Å². The maximum atomic E-state index is 13.3. The van der Waals surface area contributed by atoms with Gasteiger partial charge in [0.2, 0.25) is 0 Å². The fourth-order valence-electron chi connectivity index (χ4n) is 5.22. The minimum absolute atomic E-state index is 0.166. The quantitative estimate of drug-likeness (QED) is 0.0336. The molecule has 0 aromatic heterocycles. The summed E-state index contributed by atoms with van der Waals surface area (Å²) in [6, 6.07) is 33.6. The summed E-state index contributed by atoms with van der Waals surface area (Å²) in [6.07, 6.45) is 4.73. The van der Waals surface area contributed by atoms with Gasteiger partial charge in [0.05, 0.1) is 43.4 Å². The number of ether oxygens (including phenoxy) is 6. The maximum Gasteiger partial charge on any atom is 0.347 e. The van der Waals surface area contributed by atoms with Crippen molar-refractivity contribution < 1.29 is 38.0 Å². The van der Waals surface area contributed by atoms with Gasteiger partial charge in [-0.25, -0.2) is 9.59 Å². The lowest BCUT2D eigenvalue weighted by atomic mass is 10.1. The zero-order chi connectivity index (χ0) is 38.0. The van der Waals surface area contributed by atoms with Crippen molar-refractivity contribution >= 4 is 23.3 Å². The predicted octanol–water partition coefficient (Wildman–Crippen LogP) is 10.9. The summed E-state index contributed by atoms with van der Waals surface area (Å²) in [5, 5.41) is 8.69. The van der Waals surface area contributed by atoms with Crippen molar-refractivity contribution in [3.05, 3.63) is 132 Å². The average molecular weight is 731 g/mol. The van der Waals surface area contributed by atoms with Crippen molar-refractivity contribution in [2.75, 3.05) is 26.4 Å². The lowest BCUT2D eigenvalue weighted by molar-refractivity contribution is 0.0716. The van der Waals surface area contributed by atoms with E-state index in [0.29, 0.717) is 61.4 Å². The second-order valence-corrected chi connectivity index (χ2v) is 12.2. The van der Waals surface area contributed by atoms with Crippen LogP contribution in [0.25, 0.3) is 0 Å². The number of benzene rings is 5. The van der Waals surface area contributed by atoms with Gasteiger partial charge >= 0.3 is 11.9 Å². The molecule has 0 bridgehead atoms. The number of rotatable bonds is 20. The lowest BCUT2D eigenvalue weighted by Gasteiger charge is -2.13. The standard InChI is InChI=1S/C44H46N2O8/c1-4-7-10-32-11-14-34(15-12-32)45-46-35-16-18-38(19-17-35)51-29-8-9-30-52-42-31-33(43(47)53-39-24-20-36(21-25-39)49-5-2)13-28-41(42)44(48)54-40-26-22-37(23-27-40)50-6-3/h11-28,31H,4-10,29-30H2,1-3H3. The molecule has 5 aromatic rings. The van der Waals surface area contributed by atoms with Crippen LogP contribution in [0.2, 0.25) is 0 Å². The van der Waals surface area contributed by atoms with Crippen molar-refractivity contribution in [1.29, 1.82) is 0 Å². The van der Waals surface area contributed by atoms with Crippen LogP contribution in [0, 0.1) is 0 Å². The Hall–Kier alpha value is -6.16. The van der Waals surface area contributed by atoms with E-state index in [9.17, 15) is 9.59 Å². The highest BCUT2D eigenvalue weighted by molar-refractivity contribution is 5.97. The zero-order valence-electron chi connectivity index (χ0n) is 31.0. The summed E-state index contributed by atoms with van der Waals surface area (Å²) in [5.41, 5.74) is 3.22. The highest BCUT2D eigenvalue weighted by Gasteiger charge is 2.19. The van der Waals surface area contributed by atoms with E-state index < -0.39 is 11.9 Å². The summed E-state index contributed by atoms with van der Waals surface area (Å²) in [7, 11) is 0. The molecule has 0 unspecified atom stereocenters. The highest BCUT2D eigenvalue weighted by atomic mass is 16.5. The second kappa shape index (κ2) is 20.8. The van der Waals surface area contributed by atoms with E-state index in [-0.39, 0.29) is 23.5 Å². The molecule has 0 N–H and O–H groups in total. The first-order valence-electron chi connectivity index (χ1n) is 18.3. The third-order valence-electron chi connectivity index (χ3n) is 8.07. The summed E-state index contributed by atoms with van der Waals surface area (Å²) < 4.78 is 34.1. The molecule has 0 aliphatic heterocycles. The van der Waals surface area contributed by atoms with Crippen LogP contribution in [0.5, 0.6) is 34.5 Å².